The summed E-state index contributed by atoms with van der Waals surface area (Å²) in [4.78, 5) is 0. The molecule has 0 spiro atoms. The van der Waals surface area contributed by atoms with Crippen molar-refractivity contribution in [2.24, 2.45) is 0 Å². The van der Waals surface area contributed by atoms with Gasteiger partial charge in [0.2, 0.25) is 0 Å². The van der Waals surface area contributed by atoms with Crippen molar-refractivity contribution in [1.82, 2.24) is 5.32 Å². The van der Waals surface area contributed by atoms with Crippen molar-refractivity contribution in [2.45, 2.75) is 50.5 Å². The summed E-state index contributed by atoms with van der Waals surface area (Å²) in [5, 5.41) is 3.79. The molecule has 0 aliphatic heterocycles. The molecule has 0 bridgehead atoms. The van der Waals surface area contributed by atoms with E-state index >= 15 is 0 Å². The van der Waals surface area contributed by atoms with Crippen LogP contribution in [0.15, 0.2) is 53.3 Å². The van der Waals surface area contributed by atoms with Crippen LogP contribution in [0, 0.1) is 0 Å². The van der Waals surface area contributed by atoms with Gasteiger partial charge in [-0.3, -0.25) is 0 Å². The van der Waals surface area contributed by atoms with Crippen molar-refractivity contribution in [3.63, 3.8) is 0 Å². The largest absolute Gasteiger partial charge is 0.472 e. The van der Waals surface area contributed by atoms with Crippen LogP contribution in [0.5, 0.6) is 0 Å². The normalized spacial score (nSPS) is 18.7. The lowest BCUT2D eigenvalue weighted by atomic mass is 9.70. The summed E-state index contributed by atoms with van der Waals surface area (Å²) < 4.78 is 5.38. The Balaban J connectivity index is 2.00. The Labute approximate surface area is 127 Å². The molecule has 2 nitrogen and oxygen atoms in total. The summed E-state index contributed by atoms with van der Waals surface area (Å²) in [5.41, 5.74) is 2.96. The summed E-state index contributed by atoms with van der Waals surface area (Å²) in [6.07, 6.45) is 10.0. The van der Waals surface area contributed by atoms with Gasteiger partial charge in [0.15, 0.2) is 0 Å². The van der Waals surface area contributed by atoms with E-state index in [1.165, 1.54) is 36.8 Å². The van der Waals surface area contributed by atoms with E-state index in [1.807, 2.05) is 6.26 Å². The number of hydrogen-bond donors (Lipinski definition) is 1. The van der Waals surface area contributed by atoms with Crippen molar-refractivity contribution in [3.8, 4) is 0 Å². The van der Waals surface area contributed by atoms with Gasteiger partial charge in [-0.1, -0.05) is 50.1 Å². The van der Waals surface area contributed by atoms with Crippen LogP contribution in [-0.2, 0) is 5.41 Å². The zero-order valence-corrected chi connectivity index (χ0v) is 12.8. The van der Waals surface area contributed by atoms with Crippen LogP contribution < -0.4 is 5.32 Å². The van der Waals surface area contributed by atoms with Crippen LogP contribution in [0.25, 0.3) is 0 Å². The van der Waals surface area contributed by atoms with E-state index in [-0.39, 0.29) is 5.41 Å². The maximum Gasteiger partial charge on any atom is 0.0950 e. The zero-order valence-electron chi connectivity index (χ0n) is 12.8. The average molecular weight is 283 g/mol. The molecule has 0 radical (unpaired) electrons. The third-order valence-corrected chi connectivity index (χ3v) is 4.87. The maximum atomic E-state index is 5.38. The van der Waals surface area contributed by atoms with Crippen LogP contribution in [0.3, 0.4) is 0 Å². The lowest BCUT2D eigenvalue weighted by Gasteiger charge is -2.38. The second-order valence-electron chi connectivity index (χ2n) is 6.17. The molecule has 0 amide bonds. The van der Waals surface area contributed by atoms with Gasteiger partial charge in [-0.2, -0.15) is 0 Å². The number of benzene rings is 1. The Hall–Kier alpha value is -1.54. The van der Waals surface area contributed by atoms with Gasteiger partial charge in [-0.05, 0) is 37.4 Å². The first-order valence-corrected chi connectivity index (χ1v) is 8.18. The summed E-state index contributed by atoms with van der Waals surface area (Å²) in [7, 11) is 0. The van der Waals surface area contributed by atoms with Crippen LogP contribution in [-0.4, -0.2) is 6.54 Å². The summed E-state index contributed by atoms with van der Waals surface area (Å²) in [6.45, 7) is 3.27. The van der Waals surface area contributed by atoms with Gasteiger partial charge < -0.3 is 9.73 Å². The van der Waals surface area contributed by atoms with Gasteiger partial charge >= 0.3 is 0 Å². The van der Waals surface area contributed by atoms with Gasteiger partial charge in [0.05, 0.1) is 12.5 Å². The summed E-state index contributed by atoms with van der Waals surface area (Å²) in [5.74, 6) is 0. The standard InChI is InChI=1S/C19H25NO/c1-2-13-20-18(16-10-14-21-15-16)19(11-6-7-12-19)17-8-4-3-5-9-17/h3-5,8-10,14-15,18,20H,2,6-7,11-13H2,1H3. The molecule has 0 saturated heterocycles. The summed E-state index contributed by atoms with van der Waals surface area (Å²) >= 11 is 0. The topological polar surface area (TPSA) is 25.2 Å². The molecular formula is C19H25NO. The van der Waals surface area contributed by atoms with Crippen molar-refractivity contribution in [1.29, 1.82) is 0 Å². The summed E-state index contributed by atoms with van der Waals surface area (Å²) in [6, 6.07) is 13.5. The Morgan fingerprint density at radius 3 is 2.52 bits per heavy atom. The molecule has 1 aliphatic carbocycles. The SMILES string of the molecule is CCCNC(c1ccoc1)C1(c2ccccc2)CCCC1. The first kappa shape index (κ1) is 14.4. The molecule has 1 saturated carbocycles. The highest BCUT2D eigenvalue weighted by molar-refractivity contribution is 5.33. The highest BCUT2D eigenvalue weighted by atomic mass is 16.3. The van der Waals surface area contributed by atoms with Crippen LogP contribution in [0.1, 0.15) is 56.2 Å². The molecule has 112 valence electrons. The third kappa shape index (κ3) is 2.77. The highest BCUT2D eigenvalue weighted by Gasteiger charge is 2.43. The van der Waals surface area contributed by atoms with Crippen LogP contribution in [0.2, 0.25) is 0 Å². The van der Waals surface area contributed by atoms with Gasteiger partial charge in [-0.15, -0.1) is 0 Å². The predicted molar refractivity (Wildman–Crippen MR) is 86.3 cm³/mol. The highest BCUT2D eigenvalue weighted by Crippen LogP contribution is 2.49. The Bertz CT molecular complexity index is 526. The number of rotatable bonds is 6. The van der Waals surface area contributed by atoms with Crippen LogP contribution >= 0.6 is 0 Å². The molecule has 1 N–H and O–H groups in total. The minimum absolute atomic E-state index is 0.209. The van der Waals surface area contributed by atoms with E-state index in [4.69, 9.17) is 4.42 Å². The van der Waals surface area contributed by atoms with Gasteiger partial charge in [-0.25, -0.2) is 0 Å². The monoisotopic (exact) mass is 283 g/mol. The van der Waals surface area contributed by atoms with Gasteiger partial charge in [0.1, 0.15) is 0 Å². The third-order valence-electron chi connectivity index (χ3n) is 4.87. The fourth-order valence-electron chi connectivity index (χ4n) is 3.88. The number of furan rings is 1. The fourth-order valence-corrected chi connectivity index (χ4v) is 3.88. The fraction of sp³-hybridized carbons (Fsp3) is 0.474. The molecule has 2 heteroatoms. The minimum atomic E-state index is 0.209. The predicted octanol–water partition coefficient (Wildman–Crippen LogP) is 4.83. The van der Waals surface area contributed by atoms with Crippen molar-refractivity contribution in [2.75, 3.05) is 6.54 Å². The molecule has 1 aromatic heterocycles. The molecule has 1 aromatic carbocycles. The van der Waals surface area contributed by atoms with Gasteiger partial charge in [0, 0.05) is 17.0 Å². The quantitative estimate of drug-likeness (QED) is 0.821. The molecule has 1 aliphatic rings. The van der Waals surface area contributed by atoms with Crippen molar-refractivity contribution < 1.29 is 4.42 Å². The van der Waals surface area contributed by atoms with E-state index in [2.05, 4.69) is 48.6 Å². The molecule has 1 unspecified atom stereocenters. The van der Waals surface area contributed by atoms with E-state index in [0.29, 0.717) is 6.04 Å². The molecule has 21 heavy (non-hydrogen) atoms. The lowest BCUT2D eigenvalue weighted by molar-refractivity contribution is 0.299. The molecule has 1 fully saturated rings. The Kier molecular flexibility index (Phi) is 4.45. The average Bonchev–Trinajstić information content (AvgIpc) is 3.21. The van der Waals surface area contributed by atoms with Crippen molar-refractivity contribution in [3.05, 3.63) is 60.1 Å². The number of nitrogens with one attached hydrogen (secondary N) is 1. The molecule has 1 atom stereocenters. The molecule has 3 rings (SSSR count). The second kappa shape index (κ2) is 6.48. The maximum absolute atomic E-state index is 5.38. The number of hydrogen-bond acceptors (Lipinski definition) is 2. The van der Waals surface area contributed by atoms with E-state index in [1.54, 1.807) is 6.26 Å². The molecule has 2 aromatic rings. The second-order valence-corrected chi connectivity index (χ2v) is 6.17. The minimum Gasteiger partial charge on any atom is -0.472 e. The van der Waals surface area contributed by atoms with Gasteiger partial charge in [0.25, 0.3) is 0 Å². The van der Waals surface area contributed by atoms with Crippen molar-refractivity contribution >= 4 is 0 Å². The smallest absolute Gasteiger partial charge is 0.0950 e. The lowest BCUT2D eigenvalue weighted by Crippen LogP contribution is -2.40. The first-order chi connectivity index (χ1) is 10.4. The molecular weight excluding hydrogens is 258 g/mol. The van der Waals surface area contributed by atoms with E-state index < -0.39 is 0 Å². The van der Waals surface area contributed by atoms with Crippen LogP contribution in [0.4, 0.5) is 0 Å². The van der Waals surface area contributed by atoms with E-state index in [9.17, 15) is 0 Å². The zero-order chi connectivity index (χ0) is 14.5. The molecule has 1 heterocycles. The van der Waals surface area contributed by atoms with E-state index in [0.717, 1.165) is 13.0 Å². The Morgan fingerprint density at radius 1 is 1.14 bits per heavy atom. The Morgan fingerprint density at radius 2 is 1.90 bits per heavy atom. The first-order valence-electron chi connectivity index (χ1n) is 8.18.